The highest BCUT2D eigenvalue weighted by Gasteiger charge is 2.17. The lowest BCUT2D eigenvalue weighted by Crippen LogP contribution is -1.94. The van der Waals surface area contributed by atoms with E-state index in [2.05, 4.69) is 4.52 Å². The van der Waals surface area contributed by atoms with E-state index in [1.807, 2.05) is 21.6 Å². The van der Waals surface area contributed by atoms with Crippen LogP contribution in [0.15, 0.2) is 0 Å². The molecule has 1 unspecified atom stereocenters. The molecule has 0 aromatic heterocycles. The van der Waals surface area contributed by atoms with Crippen LogP contribution in [-0.4, -0.2) is 41.8 Å². The van der Waals surface area contributed by atoms with Gasteiger partial charge in [-0.2, -0.15) is 0 Å². The summed E-state index contributed by atoms with van der Waals surface area (Å²) in [6, 6.07) is 0. The van der Waals surface area contributed by atoms with Crippen LogP contribution in [0.25, 0.3) is 0 Å². The fraction of sp³-hybridized carbons (Fsp3) is 1.00. The summed E-state index contributed by atoms with van der Waals surface area (Å²) < 4.78 is 20.1. The molecule has 2 N–H and O–H groups in total. The summed E-state index contributed by atoms with van der Waals surface area (Å²) in [6.45, 7) is 0.589. The number of aliphatic hydroxyl groups is 1. The van der Waals surface area contributed by atoms with Crippen LogP contribution in [0.4, 0.5) is 0 Å². The highest BCUT2D eigenvalue weighted by molar-refractivity contribution is 8.76. The number of rotatable bonds is 16. The van der Waals surface area contributed by atoms with Gasteiger partial charge in [0, 0.05) is 25.2 Å². The highest BCUT2D eigenvalue weighted by atomic mass is 33.1. The molecule has 0 aliphatic heterocycles. The molecule has 0 aromatic carbocycles. The molecule has 0 aliphatic rings. The van der Waals surface area contributed by atoms with Crippen LogP contribution in [0.3, 0.4) is 0 Å². The first-order valence-corrected chi connectivity index (χ1v) is 11.5. The summed E-state index contributed by atoms with van der Waals surface area (Å²) in [6.07, 6.45) is 8.59. The Labute approximate surface area is 136 Å². The van der Waals surface area contributed by atoms with Crippen LogP contribution in [0.5, 0.6) is 0 Å². The minimum atomic E-state index is -3.78. The van der Waals surface area contributed by atoms with Crippen LogP contribution in [-0.2, 0) is 13.6 Å². The normalized spacial score (nSPS) is 14.2. The summed E-state index contributed by atoms with van der Waals surface area (Å²) in [5.74, 6) is 2.34. The molecule has 1 atom stereocenters. The highest BCUT2D eigenvalue weighted by Crippen LogP contribution is 2.41. The second kappa shape index (κ2) is 15.7. The lowest BCUT2D eigenvalue weighted by atomic mass is 10.2. The SMILES string of the molecule is COP(=O)(O)OCCCCCCSSCCCCCCO. The Kier molecular flexibility index (Phi) is 16.2. The topological polar surface area (TPSA) is 76.0 Å². The summed E-state index contributed by atoms with van der Waals surface area (Å²) >= 11 is 0. The van der Waals surface area contributed by atoms with E-state index in [-0.39, 0.29) is 6.61 Å². The lowest BCUT2D eigenvalue weighted by molar-refractivity contribution is 0.170. The van der Waals surface area contributed by atoms with Crippen LogP contribution in [0.2, 0.25) is 0 Å². The molecule has 0 radical (unpaired) electrons. The predicted molar refractivity (Wildman–Crippen MR) is 91.7 cm³/mol. The van der Waals surface area contributed by atoms with Crippen molar-refractivity contribution in [2.24, 2.45) is 0 Å². The summed E-state index contributed by atoms with van der Waals surface area (Å²) in [5.41, 5.74) is 0. The van der Waals surface area contributed by atoms with Crippen molar-refractivity contribution < 1.29 is 23.6 Å². The zero-order valence-corrected chi connectivity index (χ0v) is 15.4. The molecule has 0 amide bonds. The van der Waals surface area contributed by atoms with Gasteiger partial charge in [0.1, 0.15) is 0 Å². The van der Waals surface area contributed by atoms with Crippen LogP contribution in [0.1, 0.15) is 51.4 Å². The fourth-order valence-electron chi connectivity index (χ4n) is 1.59. The number of hydrogen-bond donors (Lipinski definition) is 2. The third-order valence-electron chi connectivity index (χ3n) is 2.83. The second-order valence-electron chi connectivity index (χ2n) is 4.68. The number of phosphoric ester groups is 1. The second-order valence-corrected chi connectivity index (χ2v) is 8.94. The molecule has 0 fully saturated rings. The van der Waals surface area contributed by atoms with Gasteiger partial charge in [0.2, 0.25) is 0 Å². The van der Waals surface area contributed by atoms with Crippen LogP contribution >= 0.6 is 29.4 Å². The molecule has 8 heteroatoms. The maximum atomic E-state index is 11.0. The van der Waals surface area contributed by atoms with Gasteiger partial charge in [0.05, 0.1) is 6.61 Å². The third-order valence-corrected chi connectivity index (χ3v) is 6.37. The van der Waals surface area contributed by atoms with E-state index in [0.29, 0.717) is 6.61 Å². The minimum absolute atomic E-state index is 0.275. The van der Waals surface area contributed by atoms with Gasteiger partial charge in [-0.15, -0.1) is 0 Å². The molecule has 21 heavy (non-hydrogen) atoms. The van der Waals surface area contributed by atoms with Crippen molar-refractivity contribution in [3.63, 3.8) is 0 Å². The van der Waals surface area contributed by atoms with Crippen molar-refractivity contribution in [2.75, 3.05) is 31.8 Å². The first kappa shape index (κ1) is 21.8. The lowest BCUT2D eigenvalue weighted by Gasteiger charge is -2.08. The number of unbranched alkanes of at least 4 members (excludes halogenated alkanes) is 6. The Balaban J connectivity index is 3.08. The minimum Gasteiger partial charge on any atom is -0.396 e. The first-order valence-electron chi connectivity index (χ1n) is 7.50. The Hall–Kier alpha value is 0.770. The predicted octanol–water partition coefficient (Wildman–Crippen LogP) is 4.24. The van der Waals surface area contributed by atoms with Gasteiger partial charge in [-0.05, 0) is 25.7 Å². The molecule has 0 aromatic rings. The van der Waals surface area contributed by atoms with Gasteiger partial charge in [-0.25, -0.2) is 4.57 Å². The van der Waals surface area contributed by atoms with Crippen molar-refractivity contribution in [3.8, 4) is 0 Å². The zero-order valence-electron chi connectivity index (χ0n) is 12.9. The molecule has 0 aliphatic carbocycles. The first-order chi connectivity index (χ1) is 10.1. The summed E-state index contributed by atoms with van der Waals surface area (Å²) in [4.78, 5) is 9.01. The molecule has 0 bridgehead atoms. The van der Waals surface area contributed by atoms with Crippen molar-refractivity contribution in [2.45, 2.75) is 51.4 Å². The van der Waals surface area contributed by atoms with Crippen LogP contribution < -0.4 is 0 Å². The molecule has 0 saturated heterocycles. The molecular weight excluding hydrogens is 331 g/mol. The summed E-state index contributed by atoms with van der Waals surface area (Å²) in [7, 11) is 1.24. The van der Waals surface area contributed by atoms with E-state index in [9.17, 15) is 4.57 Å². The maximum absolute atomic E-state index is 11.0. The van der Waals surface area contributed by atoms with Gasteiger partial charge >= 0.3 is 7.82 Å². The van der Waals surface area contributed by atoms with E-state index >= 15 is 0 Å². The Morgan fingerprint density at radius 2 is 1.43 bits per heavy atom. The van der Waals surface area contributed by atoms with Crippen molar-refractivity contribution in [3.05, 3.63) is 0 Å². The average Bonchev–Trinajstić information content (AvgIpc) is 2.47. The fourth-order valence-corrected chi connectivity index (χ4v) is 4.35. The van der Waals surface area contributed by atoms with E-state index in [1.165, 1.54) is 32.1 Å². The van der Waals surface area contributed by atoms with Gasteiger partial charge in [-0.1, -0.05) is 47.3 Å². The zero-order chi connectivity index (χ0) is 15.8. The van der Waals surface area contributed by atoms with E-state index in [0.717, 1.165) is 37.9 Å². The monoisotopic (exact) mass is 360 g/mol. The molecule has 0 spiro atoms. The van der Waals surface area contributed by atoms with E-state index in [1.54, 1.807) is 0 Å². The Bertz CT molecular complexity index is 269. The number of phosphoric acid groups is 1. The van der Waals surface area contributed by atoms with Crippen molar-refractivity contribution in [1.82, 2.24) is 0 Å². The molecule has 5 nitrogen and oxygen atoms in total. The van der Waals surface area contributed by atoms with Crippen LogP contribution in [0, 0.1) is 0 Å². The average molecular weight is 360 g/mol. The number of hydrogen-bond acceptors (Lipinski definition) is 6. The largest absolute Gasteiger partial charge is 0.471 e. The van der Waals surface area contributed by atoms with Crippen molar-refractivity contribution in [1.29, 1.82) is 0 Å². The van der Waals surface area contributed by atoms with Crippen molar-refractivity contribution >= 4 is 29.4 Å². The Morgan fingerprint density at radius 3 is 1.95 bits per heavy atom. The third kappa shape index (κ3) is 17.0. The van der Waals surface area contributed by atoms with Gasteiger partial charge in [-0.3, -0.25) is 9.05 Å². The smallest absolute Gasteiger partial charge is 0.396 e. The van der Waals surface area contributed by atoms with Gasteiger partial charge in [0.25, 0.3) is 0 Å². The molecule has 128 valence electrons. The van der Waals surface area contributed by atoms with Gasteiger partial charge in [0.15, 0.2) is 0 Å². The maximum Gasteiger partial charge on any atom is 0.471 e. The van der Waals surface area contributed by atoms with Gasteiger partial charge < -0.3 is 10.00 Å². The Morgan fingerprint density at radius 1 is 0.905 bits per heavy atom. The molecule has 0 rings (SSSR count). The quantitative estimate of drug-likeness (QED) is 0.242. The number of aliphatic hydroxyl groups excluding tert-OH is 1. The summed E-state index contributed by atoms with van der Waals surface area (Å²) in [5, 5.41) is 8.65. The standard InChI is InChI=1S/C13H29O5PS2/c1-17-19(15,16)18-11-7-3-5-9-13-21-20-12-8-4-2-6-10-14/h14H,2-13H2,1H3,(H,15,16). The molecular formula is C13H29O5PS2. The molecule has 0 saturated carbocycles. The molecule has 0 heterocycles. The van der Waals surface area contributed by atoms with E-state index in [4.69, 9.17) is 14.5 Å². The van der Waals surface area contributed by atoms with E-state index < -0.39 is 7.82 Å².